The van der Waals surface area contributed by atoms with Gasteiger partial charge in [-0.05, 0) is 79.8 Å². The molecular formula is C39H59ClO7. The highest BCUT2D eigenvalue weighted by Crippen LogP contribution is 2.43. The van der Waals surface area contributed by atoms with Gasteiger partial charge in [0, 0.05) is 37.0 Å². The lowest BCUT2D eigenvalue weighted by molar-refractivity contribution is -0.269. The van der Waals surface area contributed by atoms with Crippen molar-refractivity contribution in [2.75, 3.05) is 46.2 Å². The summed E-state index contributed by atoms with van der Waals surface area (Å²) in [7, 11) is 0. The van der Waals surface area contributed by atoms with Crippen molar-refractivity contribution < 1.29 is 33.2 Å². The molecule has 264 valence electrons. The standard InChI is InChI=1S/C39H59ClO7/c1-7-11-18-43-37-35-26-41-24-27(5)28(6)25-46-34-23-33(40)30(21-29-14-16-31(17-15-29)42-10-4)22-32(34)36(47-35)38(44-19-12-8-2)39(37)45-20-13-9-3/h14-17,22-23,27-28,35-39H,7-13,18-21,24-26H2,1-6H3/t27?,28-,35+,36-,37+,38-,39?/m0/s1. The molecule has 0 saturated carbocycles. The van der Waals surface area contributed by atoms with E-state index in [1.807, 2.05) is 25.1 Å². The van der Waals surface area contributed by atoms with Crippen molar-refractivity contribution in [2.24, 2.45) is 11.8 Å². The lowest BCUT2D eigenvalue weighted by Gasteiger charge is -2.47. The van der Waals surface area contributed by atoms with Gasteiger partial charge < -0.3 is 33.2 Å². The van der Waals surface area contributed by atoms with Crippen molar-refractivity contribution in [3.8, 4) is 11.5 Å². The van der Waals surface area contributed by atoms with E-state index in [0.29, 0.717) is 63.6 Å². The summed E-state index contributed by atoms with van der Waals surface area (Å²) in [5.41, 5.74) is 3.07. The van der Waals surface area contributed by atoms with Crippen LogP contribution < -0.4 is 9.47 Å². The number of fused-ring (bicyclic) bond motifs is 4. The third-order valence-corrected chi connectivity index (χ3v) is 9.66. The fourth-order valence-corrected chi connectivity index (χ4v) is 6.30. The maximum absolute atomic E-state index is 7.06. The van der Waals surface area contributed by atoms with E-state index in [0.717, 1.165) is 66.7 Å². The van der Waals surface area contributed by atoms with Crippen LogP contribution in [0.2, 0.25) is 5.02 Å². The largest absolute Gasteiger partial charge is 0.494 e. The number of hydrogen-bond donors (Lipinski definition) is 0. The first-order chi connectivity index (χ1) is 22.9. The molecule has 0 spiro atoms. The Hall–Kier alpha value is -1.87. The number of hydrogen-bond acceptors (Lipinski definition) is 7. The van der Waals surface area contributed by atoms with Gasteiger partial charge in [-0.2, -0.15) is 0 Å². The van der Waals surface area contributed by atoms with Crippen LogP contribution in [-0.2, 0) is 30.1 Å². The van der Waals surface area contributed by atoms with Crippen LogP contribution >= 0.6 is 11.6 Å². The van der Waals surface area contributed by atoms with Gasteiger partial charge in [-0.1, -0.05) is 77.6 Å². The highest BCUT2D eigenvalue weighted by Gasteiger charge is 2.49. The van der Waals surface area contributed by atoms with Crippen molar-refractivity contribution >= 4 is 11.6 Å². The average molecular weight is 675 g/mol. The van der Waals surface area contributed by atoms with Crippen LogP contribution in [0.3, 0.4) is 0 Å². The number of benzene rings is 2. The fraction of sp³-hybridized carbons (Fsp3) is 0.692. The minimum absolute atomic E-state index is 0.281. The molecule has 7 nitrogen and oxygen atoms in total. The summed E-state index contributed by atoms with van der Waals surface area (Å²) in [6.07, 6.45) is 4.80. The quantitative estimate of drug-likeness (QED) is 0.165. The van der Waals surface area contributed by atoms with Crippen molar-refractivity contribution in [3.05, 3.63) is 58.1 Å². The van der Waals surface area contributed by atoms with Gasteiger partial charge in [-0.25, -0.2) is 0 Å². The van der Waals surface area contributed by atoms with Crippen molar-refractivity contribution in [2.45, 2.75) is 117 Å². The maximum Gasteiger partial charge on any atom is 0.126 e. The summed E-state index contributed by atoms with van der Waals surface area (Å²) in [5.74, 6) is 2.17. The summed E-state index contributed by atoms with van der Waals surface area (Å²) in [6, 6.07) is 12.3. The Morgan fingerprint density at radius 1 is 0.745 bits per heavy atom. The average Bonchev–Trinajstić information content (AvgIpc) is 3.06. The van der Waals surface area contributed by atoms with Gasteiger partial charge in [0.1, 0.15) is 42.0 Å². The zero-order valence-corrected chi connectivity index (χ0v) is 30.4. The molecule has 2 unspecified atom stereocenters. The Bertz CT molecular complexity index is 1170. The minimum atomic E-state index is -0.461. The summed E-state index contributed by atoms with van der Waals surface area (Å²) in [6.45, 7) is 17.0. The molecule has 0 radical (unpaired) electrons. The normalized spacial score (nSPS) is 26.5. The molecular weight excluding hydrogens is 616 g/mol. The Balaban J connectivity index is 1.80. The molecule has 0 N–H and O–H groups in total. The zero-order valence-electron chi connectivity index (χ0n) is 29.6. The van der Waals surface area contributed by atoms with Crippen molar-refractivity contribution in [1.82, 2.24) is 0 Å². The molecule has 2 aromatic rings. The van der Waals surface area contributed by atoms with Crippen LogP contribution in [-0.4, -0.2) is 70.7 Å². The van der Waals surface area contributed by atoms with E-state index in [1.165, 1.54) is 0 Å². The second kappa shape index (κ2) is 20.0. The summed E-state index contributed by atoms with van der Waals surface area (Å²) < 4.78 is 45.8. The highest BCUT2D eigenvalue weighted by molar-refractivity contribution is 6.31. The molecule has 1 fully saturated rings. The molecule has 7 atom stereocenters. The smallest absolute Gasteiger partial charge is 0.126 e. The molecule has 0 aliphatic carbocycles. The molecule has 4 rings (SSSR count). The SMILES string of the molecule is CCCCOC1[C@@H](OCCCC)[C@H]2O[C@H](COCC(C)[C@@H](C)COc3cc(Cl)c(Cc4ccc(OCC)cc4)cc32)[C@H]1OCCCC. The Labute approximate surface area is 288 Å². The first kappa shape index (κ1) is 37.9. The fourth-order valence-electron chi connectivity index (χ4n) is 6.08. The molecule has 1 saturated heterocycles. The molecule has 0 amide bonds. The predicted octanol–water partition coefficient (Wildman–Crippen LogP) is 9.01. The highest BCUT2D eigenvalue weighted by atomic mass is 35.5. The third kappa shape index (κ3) is 10.8. The lowest BCUT2D eigenvalue weighted by Crippen LogP contribution is -2.58. The van der Waals surface area contributed by atoms with Crippen LogP contribution in [0.4, 0.5) is 0 Å². The van der Waals surface area contributed by atoms with Crippen LogP contribution in [0, 0.1) is 11.8 Å². The van der Waals surface area contributed by atoms with Gasteiger partial charge in [0.05, 0.1) is 19.8 Å². The zero-order chi connectivity index (χ0) is 33.6. The van der Waals surface area contributed by atoms with Crippen molar-refractivity contribution in [3.63, 3.8) is 0 Å². The van der Waals surface area contributed by atoms with E-state index < -0.39 is 12.2 Å². The lowest BCUT2D eigenvalue weighted by atomic mass is 9.88. The molecule has 47 heavy (non-hydrogen) atoms. The van der Waals surface area contributed by atoms with E-state index in [9.17, 15) is 0 Å². The Morgan fingerprint density at radius 2 is 1.36 bits per heavy atom. The van der Waals surface area contributed by atoms with Gasteiger partial charge >= 0.3 is 0 Å². The molecule has 8 heteroatoms. The van der Waals surface area contributed by atoms with E-state index in [4.69, 9.17) is 44.8 Å². The first-order valence-corrected chi connectivity index (χ1v) is 18.5. The number of unbranched alkanes of at least 4 members (excludes halogenated alkanes) is 3. The minimum Gasteiger partial charge on any atom is -0.494 e. The van der Waals surface area contributed by atoms with Crippen LogP contribution in [0.15, 0.2) is 36.4 Å². The number of rotatable bonds is 16. The van der Waals surface area contributed by atoms with Crippen molar-refractivity contribution in [1.29, 1.82) is 0 Å². The summed E-state index contributed by atoms with van der Waals surface area (Å²) in [5, 5.41) is 0.668. The Morgan fingerprint density at radius 3 is 2.00 bits per heavy atom. The number of ether oxygens (including phenoxy) is 7. The van der Waals surface area contributed by atoms with Gasteiger partial charge in [-0.15, -0.1) is 0 Å². The van der Waals surface area contributed by atoms with Gasteiger partial charge in [0.15, 0.2) is 0 Å². The monoisotopic (exact) mass is 674 g/mol. The third-order valence-electron chi connectivity index (χ3n) is 9.31. The molecule has 2 heterocycles. The summed E-state index contributed by atoms with van der Waals surface area (Å²) >= 11 is 7.02. The topological polar surface area (TPSA) is 64.6 Å². The number of halogens is 1. The maximum atomic E-state index is 7.06. The van der Waals surface area contributed by atoms with E-state index in [2.05, 4.69) is 52.8 Å². The molecule has 2 aliphatic heterocycles. The van der Waals surface area contributed by atoms with Crippen LogP contribution in [0.1, 0.15) is 103 Å². The van der Waals surface area contributed by atoms with Crippen LogP contribution in [0.5, 0.6) is 11.5 Å². The Kier molecular flexibility index (Phi) is 16.1. The van der Waals surface area contributed by atoms with Gasteiger partial charge in [-0.3, -0.25) is 0 Å². The van der Waals surface area contributed by atoms with Gasteiger partial charge in [0.2, 0.25) is 0 Å². The molecule has 2 aliphatic rings. The summed E-state index contributed by atoms with van der Waals surface area (Å²) in [4.78, 5) is 0. The van der Waals surface area contributed by atoms with Crippen LogP contribution in [0.25, 0.3) is 0 Å². The second-order valence-corrected chi connectivity index (χ2v) is 13.6. The first-order valence-electron chi connectivity index (χ1n) is 18.1. The molecule has 0 aromatic heterocycles. The molecule has 2 aromatic carbocycles. The van der Waals surface area contributed by atoms with Gasteiger partial charge in [0.25, 0.3) is 0 Å². The van der Waals surface area contributed by atoms with E-state index in [1.54, 1.807) is 0 Å². The van der Waals surface area contributed by atoms with E-state index >= 15 is 0 Å². The predicted molar refractivity (Wildman–Crippen MR) is 188 cm³/mol. The second-order valence-electron chi connectivity index (χ2n) is 13.2. The van der Waals surface area contributed by atoms with E-state index in [-0.39, 0.29) is 24.2 Å². The molecule has 2 bridgehead atoms.